The van der Waals surface area contributed by atoms with Crippen LogP contribution in [0, 0.1) is 0 Å². The third kappa shape index (κ3) is 2.67. The number of nitrogens with one attached hydrogen (secondary N) is 1. The number of pyridine rings is 1. The second-order valence-electron chi connectivity index (χ2n) is 5.45. The van der Waals surface area contributed by atoms with E-state index in [1.807, 2.05) is 0 Å². The van der Waals surface area contributed by atoms with Gasteiger partial charge in [0.2, 0.25) is 5.88 Å². The first-order valence-electron chi connectivity index (χ1n) is 7.02. The van der Waals surface area contributed by atoms with Gasteiger partial charge in [0.25, 0.3) is 0 Å². The van der Waals surface area contributed by atoms with Gasteiger partial charge in [-0.25, -0.2) is 0 Å². The number of hydrogen-bond acceptors (Lipinski definition) is 5. The van der Waals surface area contributed by atoms with Gasteiger partial charge >= 0.3 is 0 Å². The predicted octanol–water partition coefficient (Wildman–Crippen LogP) is 0.704. The fourth-order valence-electron chi connectivity index (χ4n) is 2.53. The summed E-state index contributed by atoms with van der Waals surface area (Å²) in [5.41, 5.74) is 1.19. The van der Waals surface area contributed by atoms with E-state index >= 15 is 0 Å². The van der Waals surface area contributed by atoms with Crippen LogP contribution in [-0.2, 0) is 6.54 Å². The zero-order chi connectivity index (χ0) is 13.2. The van der Waals surface area contributed by atoms with Crippen molar-refractivity contribution in [2.75, 3.05) is 44.7 Å². The molecule has 19 heavy (non-hydrogen) atoms. The number of nitrogens with zero attached hydrogens (tertiary/aromatic N) is 3. The monoisotopic (exact) mass is 262 g/mol. The van der Waals surface area contributed by atoms with Crippen molar-refractivity contribution in [3.8, 4) is 5.88 Å². The molecule has 1 fully saturated rings. The fraction of sp³-hybridized carbons (Fsp3) is 0.643. The van der Waals surface area contributed by atoms with E-state index in [0.717, 1.165) is 44.4 Å². The number of anilines is 1. The van der Waals surface area contributed by atoms with Gasteiger partial charge in [-0.2, -0.15) is 4.98 Å². The van der Waals surface area contributed by atoms with Crippen molar-refractivity contribution in [1.29, 1.82) is 0 Å². The summed E-state index contributed by atoms with van der Waals surface area (Å²) in [5.74, 6) is 1.85. The molecular formula is C14H22N4O. The molecule has 1 unspecified atom stereocenters. The lowest BCUT2D eigenvalue weighted by atomic mass is 10.2. The maximum Gasteiger partial charge on any atom is 0.219 e. The average molecular weight is 262 g/mol. The van der Waals surface area contributed by atoms with Crippen LogP contribution in [0.25, 0.3) is 0 Å². The van der Waals surface area contributed by atoms with Crippen molar-refractivity contribution in [3.63, 3.8) is 0 Å². The fourth-order valence-corrected chi connectivity index (χ4v) is 2.53. The quantitative estimate of drug-likeness (QED) is 0.807. The van der Waals surface area contributed by atoms with E-state index in [1.165, 1.54) is 5.56 Å². The molecular weight excluding hydrogens is 240 g/mol. The Balaban J connectivity index is 1.83. The van der Waals surface area contributed by atoms with Crippen LogP contribution in [0.1, 0.15) is 12.5 Å². The Kier molecular flexibility index (Phi) is 3.57. The molecule has 104 valence electrons. The van der Waals surface area contributed by atoms with Gasteiger partial charge in [-0.3, -0.25) is 4.90 Å². The molecule has 0 amide bonds. The van der Waals surface area contributed by atoms with Crippen LogP contribution in [0.3, 0.4) is 0 Å². The van der Waals surface area contributed by atoms with Crippen molar-refractivity contribution < 1.29 is 4.74 Å². The van der Waals surface area contributed by atoms with Crippen molar-refractivity contribution in [3.05, 3.63) is 17.7 Å². The Morgan fingerprint density at radius 2 is 2.11 bits per heavy atom. The zero-order valence-corrected chi connectivity index (χ0v) is 11.7. The third-order valence-electron chi connectivity index (χ3n) is 4.00. The molecule has 1 N–H and O–H groups in total. The van der Waals surface area contributed by atoms with Gasteiger partial charge in [0, 0.05) is 44.3 Å². The topological polar surface area (TPSA) is 40.6 Å². The van der Waals surface area contributed by atoms with Gasteiger partial charge in [-0.15, -0.1) is 0 Å². The van der Waals surface area contributed by atoms with Gasteiger partial charge in [0.1, 0.15) is 12.4 Å². The summed E-state index contributed by atoms with van der Waals surface area (Å²) in [4.78, 5) is 9.34. The predicted molar refractivity (Wildman–Crippen MR) is 75.7 cm³/mol. The summed E-state index contributed by atoms with van der Waals surface area (Å²) in [6.45, 7) is 7.89. The number of aromatic nitrogens is 1. The van der Waals surface area contributed by atoms with Crippen LogP contribution in [0.4, 0.5) is 5.82 Å². The van der Waals surface area contributed by atoms with E-state index in [9.17, 15) is 0 Å². The largest absolute Gasteiger partial charge is 0.476 e. The molecule has 3 rings (SSSR count). The molecule has 0 spiro atoms. The summed E-state index contributed by atoms with van der Waals surface area (Å²) in [5, 5.41) is 3.36. The maximum absolute atomic E-state index is 5.87. The SMILES string of the molecule is CC1COc2nc(N3CCNCC3)ccc2CN1C. The third-order valence-corrected chi connectivity index (χ3v) is 4.00. The Morgan fingerprint density at radius 1 is 1.32 bits per heavy atom. The van der Waals surface area contributed by atoms with E-state index in [2.05, 4.69) is 41.2 Å². The number of rotatable bonds is 1. The van der Waals surface area contributed by atoms with E-state index in [0.29, 0.717) is 12.6 Å². The zero-order valence-electron chi connectivity index (χ0n) is 11.7. The minimum Gasteiger partial charge on any atom is -0.476 e. The molecule has 5 nitrogen and oxygen atoms in total. The van der Waals surface area contributed by atoms with Crippen LogP contribution in [0.2, 0.25) is 0 Å². The van der Waals surface area contributed by atoms with Gasteiger partial charge in [-0.1, -0.05) is 0 Å². The van der Waals surface area contributed by atoms with Gasteiger partial charge in [0.15, 0.2) is 0 Å². The second kappa shape index (κ2) is 5.35. The highest BCUT2D eigenvalue weighted by Gasteiger charge is 2.21. The Hall–Kier alpha value is -1.33. The molecule has 3 heterocycles. The molecule has 0 bridgehead atoms. The average Bonchev–Trinajstić information content (AvgIpc) is 2.59. The van der Waals surface area contributed by atoms with Crippen LogP contribution in [0.15, 0.2) is 12.1 Å². The first kappa shape index (κ1) is 12.7. The molecule has 1 aromatic rings. The number of hydrogen-bond donors (Lipinski definition) is 1. The van der Waals surface area contributed by atoms with Crippen molar-refractivity contribution in [1.82, 2.24) is 15.2 Å². The lowest BCUT2D eigenvalue weighted by Gasteiger charge is -2.28. The summed E-state index contributed by atoms with van der Waals surface area (Å²) in [6, 6.07) is 4.71. The molecule has 1 saturated heterocycles. The van der Waals surface area contributed by atoms with Crippen molar-refractivity contribution >= 4 is 5.82 Å². The standard InChI is InChI=1S/C14H22N4O/c1-11-10-19-14-12(9-17(11)2)3-4-13(16-14)18-7-5-15-6-8-18/h3-4,11,15H,5-10H2,1-2H3. The molecule has 1 aromatic heterocycles. The van der Waals surface area contributed by atoms with Crippen molar-refractivity contribution in [2.45, 2.75) is 19.5 Å². The number of piperazine rings is 1. The number of likely N-dealkylation sites (N-methyl/N-ethyl adjacent to an activating group) is 1. The lowest BCUT2D eigenvalue weighted by molar-refractivity contribution is 0.186. The van der Waals surface area contributed by atoms with Gasteiger partial charge in [0.05, 0.1) is 0 Å². The van der Waals surface area contributed by atoms with Crippen molar-refractivity contribution in [2.24, 2.45) is 0 Å². The lowest BCUT2D eigenvalue weighted by Crippen LogP contribution is -2.43. The summed E-state index contributed by atoms with van der Waals surface area (Å²) in [7, 11) is 2.13. The molecule has 2 aliphatic rings. The number of ether oxygens (including phenoxy) is 1. The Labute approximate surface area is 114 Å². The molecule has 2 aliphatic heterocycles. The van der Waals surface area contributed by atoms with E-state index in [-0.39, 0.29) is 0 Å². The van der Waals surface area contributed by atoms with Crippen LogP contribution in [0.5, 0.6) is 5.88 Å². The molecule has 0 radical (unpaired) electrons. The van der Waals surface area contributed by atoms with Crippen LogP contribution < -0.4 is 15.0 Å². The molecule has 0 aromatic carbocycles. The van der Waals surface area contributed by atoms with Crippen LogP contribution in [-0.4, -0.2) is 55.8 Å². The minimum absolute atomic E-state index is 0.428. The van der Waals surface area contributed by atoms with E-state index in [1.54, 1.807) is 0 Å². The number of fused-ring (bicyclic) bond motifs is 1. The first-order valence-corrected chi connectivity index (χ1v) is 7.02. The smallest absolute Gasteiger partial charge is 0.219 e. The van der Waals surface area contributed by atoms with Gasteiger partial charge in [-0.05, 0) is 26.1 Å². The van der Waals surface area contributed by atoms with E-state index < -0.39 is 0 Å². The minimum atomic E-state index is 0.428. The Morgan fingerprint density at radius 3 is 2.89 bits per heavy atom. The van der Waals surface area contributed by atoms with E-state index in [4.69, 9.17) is 9.72 Å². The molecule has 1 atom stereocenters. The Bertz CT molecular complexity index is 445. The second-order valence-corrected chi connectivity index (χ2v) is 5.45. The highest BCUT2D eigenvalue weighted by molar-refractivity contribution is 5.44. The normalized spacial score (nSPS) is 24.5. The summed E-state index contributed by atoms with van der Waals surface area (Å²) < 4.78 is 5.87. The maximum atomic E-state index is 5.87. The molecule has 0 aliphatic carbocycles. The van der Waals surface area contributed by atoms with Crippen LogP contribution >= 0.6 is 0 Å². The molecule has 0 saturated carbocycles. The summed E-state index contributed by atoms with van der Waals surface area (Å²) in [6.07, 6.45) is 0. The first-order chi connectivity index (χ1) is 9.24. The summed E-state index contributed by atoms with van der Waals surface area (Å²) >= 11 is 0. The highest BCUT2D eigenvalue weighted by Crippen LogP contribution is 2.25. The molecule has 5 heteroatoms. The van der Waals surface area contributed by atoms with Gasteiger partial charge < -0.3 is 15.0 Å². The highest BCUT2D eigenvalue weighted by atomic mass is 16.5.